The molecular formula is C19H18N6O3S. The largest absolute Gasteiger partial charge is 0.368 e. The number of thiazole rings is 1. The van der Waals surface area contributed by atoms with E-state index in [9.17, 15) is 14.9 Å². The van der Waals surface area contributed by atoms with Crippen LogP contribution in [0.1, 0.15) is 6.92 Å². The summed E-state index contributed by atoms with van der Waals surface area (Å²) < 4.78 is 0.702. The number of carbonyl (C=O) groups is 1. The van der Waals surface area contributed by atoms with Crippen LogP contribution in [0.5, 0.6) is 0 Å². The van der Waals surface area contributed by atoms with E-state index in [1.54, 1.807) is 13.0 Å². The van der Waals surface area contributed by atoms with Crippen LogP contribution in [-0.2, 0) is 4.79 Å². The molecule has 0 aliphatic carbocycles. The third-order valence-electron chi connectivity index (χ3n) is 4.76. The second-order valence-corrected chi connectivity index (χ2v) is 7.62. The summed E-state index contributed by atoms with van der Waals surface area (Å²) in [6, 6.07) is 12.3. The fourth-order valence-corrected chi connectivity index (χ4v) is 3.99. The van der Waals surface area contributed by atoms with Gasteiger partial charge in [0.15, 0.2) is 0 Å². The van der Waals surface area contributed by atoms with Gasteiger partial charge in [0.2, 0.25) is 11.0 Å². The van der Waals surface area contributed by atoms with Gasteiger partial charge < -0.3 is 9.80 Å². The number of amides is 1. The van der Waals surface area contributed by atoms with E-state index in [0.717, 1.165) is 31.9 Å². The monoisotopic (exact) mass is 410 g/mol. The molecule has 2 heterocycles. The number of carbonyl (C=O) groups excluding carboxylic acids is 1. The number of nitro groups is 1. The first-order valence-corrected chi connectivity index (χ1v) is 9.88. The number of azo groups is 1. The van der Waals surface area contributed by atoms with Gasteiger partial charge in [-0.1, -0.05) is 11.3 Å². The van der Waals surface area contributed by atoms with Gasteiger partial charge in [-0.2, -0.15) is 0 Å². The molecule has 0 N–H and O–H groups in total. The van der Waals surface area contributed by atoms with Gasteiger partial charge in [0.25, 0.3) is 5.69 Å². The molecule has 1 fully saturated rings. The average molecular weight is 410 g/mol. The fourth-order valence-electron chi connectivity index (χ4n) is 3.17. The van der Waals surface area contributed by atoms with Crippen molar-refractivity contribution in [3.8, 4) is 0 Å². The lowest BCUT2D eigenvalue weighted by atomic mass is 10.2. The van der Waals surface area contributed by atoms with Gasteiger partial charge in [0, 0.05) is 50.9 Å². The van der Waals surface area contributed by atoms with E-state index < -0.39 is 4.92 Å². The van der Waals surface area contributed by atoms with Crippen LogP contribution in [-0.4, -0.2) is 46.9 Å². The number of fused-ring (bicyclic) bond motifs is 1. The third kappa shape index (κ3) is 4.21. The Hall–Kier alpha value is -3.40. The summed E-state index contributed by atoms with van der Waals surface area (Å²) in [6.07, 6.45) is 0. The van der Waals surface area contributed by atoms with Crippen molar-refractivity contribution in [3.63, 3.8) is 0 Å². The molecule has 0 saturated carbocycles. The van der Waals surface area contributed by atoms with Gasteiger partial charge in [-0.15, -0.1) is 10.2 Å². The molecule has 0 radical (unpaired) electrons. The summed E-state index contributed by atoms with van der Waals surface area (Å²) in [4.78, 5) is 30.3. The van der Waals surface area contributed by atoms with Gasteiger partial charge in [-0.25, -0.2) is 4.98 Å². The molecule has 29 heavy (non-hydrogen) atoms. The van der Waals surface area contributed by atoms with Crippen molar-refractivity contribution in [2.24, 2.45) is 10.2 Å². The molecule has 9 nitrogen and oxygen atoms in total. The first-order chi connectivity index (χ1) is 14.0. The van der Waals surface area contributed by atoms with Crippen LogP contribution >= 0.6 is 11.3 Å². The first kappa shape index (κ1) is 18.9. The summed E-state index contributed by atoms with van der Waals surface area (Å²) in [5, 5.41) is 19.7. The highest BCUT2D eigenvalue weighted by molar-refractivity contribution is 7.21. The van der Waals surface area contributed by atoms with Crippen LogP contribution in [0.4, 0.5) is 22.2 Å². The molecule has 10 heteroatoms. The Labute approximate surface area is 170 Å². The van der Waals surface area contributed by atoms with Crippen molar-refractivity contribution >= 4 is 49.7 Å². The lowest BCUT2D eigenvalue weighted by molar-refractivity contribution is -0.384. The van der Waals surface area contributed by atoms with E-state index in [-0.39, 0.29) is 11.6 Å². The Balaban J connectivity index is 1.43. The molecule has 0 unspecified atom stereocenters. The van der Waals surface area contributed by atoms with Crippen LogP contribution in [0.25, 0.3) is 10.2 Å². The van der Waals surface area contributed by atoms with Crippen LogP contribution in [0.2, 0.25) is 0 Å². The molecule has 148 valence electrons. The zero-order chi connectivity index (χ0) is 20.4. The minimum atomic E-state index is -0.429. The highest BCUT2D eigenvalue weighted by Crippen LogP contribution is 2.32. The number of anilines is 1. The molecule has 1 aliphatic heterocycles. The molecule has 1 amide bonds. The Morgan fingerprint density at radius 1 is 1.10 bits per heavy atom. The average Bonchev–Trinajstić information content (AvgIpc) is 3.15. The fraction of sp³-hybridized carbons (Fsp3) is 0.263. The minimum Gasteiger partial charge on any atom is -0.368 e. The number of aromatic nitrogens is 1. The molecule has 4 rings (SSSR count). The van der Waals surface area contributed by atoms with Gasteiger partial charge in [-0.05, 0) is 30.3 Å². The van der Waals surface area contributed by atoms with E-state index in [1.807, 2.05) is 29.2 Å². The van der Waals surface area contributed by atoms with Gasteiger partial charge in [0.05, 0.1) is 20.8 Å². The number of rotatable bonds is 4. The van der Waals surface area contributed by atoms with Crippen molar-refractivity contribution in [2.75, 3.05) is 31.1 Å². The normalized spacial score (nSPS) is 14.7. The molecular weight excluding hydrogens is 392 g/mol. The van der Waals surface area contributed by atoms with Crippen LogP contribution in [0.15, 0.2) is 52.7 Å². The SMILES string of the molecule is CC(=O)N1CCN(c2ccc(N=Nc3nc4ccc([N+](=O)[O-])cc4s3)cc2)CC1. The topological polar surface area (TPSA) is 104 Å². The lowest BCUT2D eigenvalue weighted by Gasteiger charge is -2.35. The molecule has 1 saturated heterocycles. The van der Waals surface area contributed by atoms with Gasteiger partial charge in [-0.3, -0.25) is 14.9 Å². The van der Waals surface area contributed by atoms with E-state index in [1.165, 1.54) is 23.5 Å². The Morgan fingerprint density at radius 2 is 1.83 bits per heavy atom. The van der Waals surface area contributed by atoms with Gasteiger partial charge >= 0.3 is 0 Å². The zero-order valence-corrected chi connectivity index (χ0v) is 16.5. The second-order valence-electron chi connectivity index (χ2n) is 6.62. The minimum absolute atomic E-state index is 0.0318. The van der Waals surface area contributed by atoms with Crippen LogP contribution in [0.3, 0.4) is 0 Å². The van der Waals surface area contributed by atoms with E-state index in [0.29, 0.717) is 21.0 Å². The lowest BCUT2D eigenvalue weighted by Crippen LogP contribution is -2.48. The Bertz CT molecular complexity index is 1090. The smallest absolute Gasteiger partial charge is 0.270 e. The van der Waals surface area contributed by atoms with Crippen LogP contribution in [0, 0.1) is 10.1 Å². The molecule has 0 atom stereocenters. The van der Waals surface area contributed by atoms with E-state index in [2.05, 4.69) is 20.1 Å². The number of nitro benzene ring substituents is 1. The number of piperazine rings is 1. The van der Waals surface area contributed by atoms with Crippen molar-refractivity contribution < 1.29 is 9.72 Å². The van der Waals surface area contributed by atoms with E-state index >= 15 is 0 Å². The van der Waals surface area contributed by atoms with Crippen molar-refractivity contribution in [1.82, 2.24) is 9.88 Å². The van der Waals surface area contributed by atoms with Crippen molar-refractivity contribution in [3.05, 3.63) is 52.6 Å². The van der Waals surface area contributed by atoms with E-state index in [4.69, 9.17) is 0 Å². The van der Waals surface area contributed by atoms with Crippen LogP contribution < -0.4 is 4.90 Å². The summed E-state index contributed by atoms with van der Waals surface area (Å²) >= 11 is 1.26. The summed E-state index contributed by atoms with van der Waals surface area (Å²) in [6.45, 7) is 4.66. The Kier molecular flexibility index (Phi) is 5.17. The number of non-ortho nitro benzene ring substituents is 1. The maximum absolute atomic E-state index is 11.4. The molecule has 0 bridgehead atoms. The maximum Gasteiger partial charge on any atom is 0.270 e. The molecule has 0 spiro atoms. The highest BCUT2D eigenvalue weighted by Gasteiger charge is 2.18. The maximum atomic E-state index is 11.4. The summed E-state index contributed by atoms with van der Waals surface area (Å²) in [5.74, 6) is 0.116. The summed E-state index contributed by atoms with van der Waals surface area (Å²) in [7, 11) is 0. The number of nitrogens with zero attached hydrogens (tertiary/aromatic N) is 6. The van der Waals surface area contributed by atoms with Crippen molar-refractivity contribution in [1.29, 1.82) is 0 Å². The van der Waals surface area contributed by atoms with Gasteiger partial charge in [0.1, 0.15) is 0 Å². The number of hydrogen-bond donors (Lipinski definition) is 0. The molecule has 1 aliphatic rings. The standard InChI is InChI=1S/C19H18N6O3S/c1-13(26)23-8-10-24(11-9-23)15-4-2-14(3-5-15)21-22-19-20-17-7-6-16(25(27)28)12-18(17)29-19/h2-7,12H,8-11H2,1H3. The Morgan fingerprint density at radius 3 is 2.48 bits per heavy atom. The summed E-state index contributed by atoms with van der Waals surface area (Å²) in [5.41, 5.74) is 2.47. The third-order valence-corrected chi connectivity index (χ3v) is 5.66. The van der Waals surface area contributed by atoms with Crippen molar-refractivity contribution in [2.45, 2.75) is 6.92 Å². The first-order valence-electron chi connectivity index (χ1n) is 9.07. The predicted molar refractivity (Wildman–Crippen MR) is 111 cm³/mol. The molecule has 2 aromatic carbocycles. The number of hydrogen-bond acceptors (Lipinski definition) is 8. The molecule has 1 aromatic heterocycles. The quantitative estimate of drug-likeness (QED) is 0.362. The predicted octanol–water partition coefficient (Wildman–Crippen LogP) is 4.29. The second kappa shape index (κ2) is 7.92. The molecule has 3 aromatic rings. The number of benzene rings is 2. The highest BCUT2D eigenvalue weighted by atomic mass is 32.1. The zero-order valence-electron chi connectivity index (χ0n) is 15.7.